The fourth-order valence-electron chi connectivity index (χ4n) is 3.03. The number of amides is 1. The van der Waals surface area contributed by atoms with Gasteiger partial charge < -0.3 is 5.32 Å². The average molecular weight is 447 g/mol. The summed E-state index contributed by atoms with van der Waals surface area (Å²) in [6, 6.07) is 11.8. The summed E-state index contributed by atoms with van der Waals surface area (Å²) in [6.07, 6.45) is 0. The van der Waals surface area contributed by atoms with Gasteiger partial charge in [-0.1, -0.05) is 19.9 Å². The highest BCUT2D eigenvalue weighted by atomic mass is 32.2. The van der Waals surface area contributed by atoms with Crippen LogP contribution in [-0.4, -0.2) is 30.7 Å². The van der Waals surface area contributed by atoms with E-state index in [0.29, 0.717) is 5.69 Å². The zero-order valence-electron chi connectivity index (χ0n) is 17.4. The highest BCUT2D eigenvalue weighted by Crippen LogP contribution is 2.25. The summed E-state index contributed by atoms with van der Waals surface area (Å²) in [6.45, 7) is 7.64. The van der Waals surface area contributed by atoms with E-state index in [0.717, 1.165) is 16.3 Å². The van der Waals surface area contributed by atoms with Crippen LogP contribution in [0.5, 0.6) is 0 Å². The number of carbonyl (C=O) groups excluding carboxylic acids is 1. The fourth-order valence-corrected chi connectivity index (χ4v) is 4.88. The van der Waals surface area contributed by atoms with Crippen molar-refractivity contribution in [2.75, 3.05) is 11.9 Å². The van der Waals surface area contributed by atoms with Crippen molar-refractivity contribution in [3.8, 4) is 0 Å². The second kappa shape index (κ2) is 9.11. The molecule has 0 saturated carbocycles. The molecule has 3 rings (SSSR count). The maximum Gasteiger partial charge on any atom is 0.240 e. The van der Waals surface area contributed by atoms with E-state index in [4.69, 9.17) is 0 Å². The van der Waals surface area contributed by atoms with Gasteiger partial charge in [0.1, 0.15) is 0 Å². The zero-order valence-corrected chi connectivity index (χ0v) is 19.0. The molecule has 0 radical (unpaired) electrons. The van der Waals surface area contributed by atoms with Crippen LogP contribution in [0, 0.1) is 19.8 Å². The first-order valence-corrected chi connectivity index (χ1v) is 12.0. The number of benzene rings is 1. The summed E-state index contributed by atoms with van der Waals surface area (Å²) in [5.41, 5.74) is 2.41. The molecule has 1 aromatic carbocycles. The lowest BCUT2D eigenvalue weighted by Gasteiger charge is -2.19. The summed E-state index contributed by atoms with van der Waals surface area (Å²) in [5.74, 6) is -0.272. The van der Waals surface area contributed by atoms with Crippen LogP contribution in [0.25, 0.3) is 0 Å². The SMILES string of the molecule is Cc1cc(C)n(C(CNS(=O)(=O)c2ccc(NC(=O)C(C)C)cc2)c2cccs2)n1. The number of rotatable bonds is 8. The van der Waals surface area contributed by atoms with Gasteiger partial charge >= 0.3 is 0 Å². The average Bonchev–Trinajstić information content (AvgIpc) is 3.32. The molecule has 2 aromatic heterocycles. The van der Waals surface area contributed by atoms with Gasteiger partial charge in [-0.2, -0.15) is 5.10 Å². The standard InChI is InChI=1S/C21H26N4O3S2/c1-14(2)21(26)23-17-7-9-18(10-8-17)30(27,28)22-13-19(20-6-5-11-29-20)25-16(4)12-15(3)24-25/h5-12,14,19,22H,13H2,1-4H3,(H,23,26). The minimum atomic E-state index is -3.72. The third-order valence-electron chi connectivity index (χ3n) is 4.63. The van der Waals surface area contributed by atoms with Crippen LogP contribution in [-0.2, 0) is 14.8 Å². The lowest BCUT2D eigenvalue weighted by Crippen LogP contribution is -2.32. The Hall–Kier alpha value is -2.49. The van der Waals surface area contributed by atoms with Gasteiger partial charge in [-0.25, -0.2) is 13.1 Å². The van der Waals surface area contributed by atoms with Gasteiger partial charge in [0, 0.05) is 28.7 Å². The number of aromatic nitrogens is 2. The summed E-state index contributed by atoms with van der Waals surface area (Å²) < 4.78 is 30.3. The molecule has 9 heteroatoms. The molecule has 1 unspecified atom stereocenters. The maximum atomic E-state index is 12.8. The molecule has 0 aliphatic heterocycles. The topological polar surface area (TPSA) is 93.1 Å². The van der Waals surface area contributed by atoms with Gasteiger partial charge in [0.05, 0.1) is 16.6 Å². The molecule has 1 atom stereocenters. The van der Waals surface area contributed by atoms with E-state index in [2.05, 4.69) is 15.1 Å². The Morgan fingerprint density at radius 3 is 2.40 bits per heavy atom. The van der Waals surface area contributed by atoms with Crippen LogP contribution in [0.4, 0.5) is 5.69 Å². The molecule has 1 amide bonds. The van der Waals surface area contributed by atoms with E-state index < -0.39 is 10.0 Å². The number of hydrogen-bond donors (Lipinski definition) is 2. The van der Waals surface area contributed by atoms with Gasteiger partial charge in [-0.05, 0) is 55.6 Å². The van der Waals surface area contributed by atoms with E-state index in [1.165, 1.54) is 12.1 Å². The minimum Gasteiger partial charge on any atom is -0.326 e. The van der Waals surface area contributed by atoms with Crippen molar-refractivity contribution in [2.24, 2.45) is 5.92 Å². The Bertz CT molecular complexity index is 1100. The normalized spacial score (nSPS) is 12.8. The molecule has 0 fully saturated rings. The first-order valence-electron chi connectivity index (χ1n) is 9.64. The van der Waals surface area contributed by atoms with Crippen LogP contribution >= 0.6 is 11.3 Å². The van der Waals surface area contributed by atoms with Crippen molar-refractivity contribution in [3.05, 3.63) is 64.1 Å². The minimum absolute atomic E-state index is 0.118. The number of anilines is 1. The van der Waals surface area contributed by atoms with Crippen LogP contribution in [0.15, 0.2) is 52.7 Å². The predicted octanol–water partition coefficient (Wildman–Crippen LogP) is 3.72. The summed E-state index contributed by atoms with van der Waals surface area (Å²) >= 11 is 1.56. The molecule has 2 heterocycles. The van der Waals surface area contributed by atoms with Crippen molar-refractivity contribution in [1.82, 2.24) is 14.5 Å². The van der Waals surface area contributed by atoms with Crippen molar-refractivity contribution in [2.45, 2.75) is 38.6 Å². The van der Waals surface area contributed by atoms with Gasteiger partial charge in [-0.15, -0.1) is 11.3 Å². The molecule has 2 N–H and O–H groups in total. The molecule has 0 bridgehead atoms. The van der Waals surface area contributed by atoms with Crippen LogP contribution in [0.1, 0.15) is 36.2 Å². The molecule has 0 spiro atoms. The van der Waals surface area contributed by atoms with Crippen LogP contribution < -0.4 is 10.0 Å². The van der Waals surface area contributed by atoms with Gasteiger partial charge in [0.15, 0.2) is 0 Å². The van der Waals surface area contributed by atoms with Gasteiger partial charge in [0.25, 0.3) is 0 Å². The highest BCUT2D eigenvalue weighted by molar-refractivity contribution is 7.89. The number of carbonyl (C=O) groups is 1. The number of nitrogens with one attached hydrogen (secondary N) is 2. The molecular weight excluding hydrogens is 420 g/mol. The molecule has 7 nitrogen and oxygen atoms in total. The lowest BCUT2D eigenvalue weighted by molar-refractivity contribution is -0.118. The van der Waals surface area contributed by atoms with E-state index in [1.807, 2.05) is 42.1 Å². The molecule has 160 valence electrons. The van der Waals surface area contributed by atoms with Crippen molar-refractivity contribution in [3.63, 3.8) is 0 Å². The first-order chi connectivity index (χ1) is 14.2. The van der Waals surface area contributed by atoms with Crippen LogP contribution in [0.3, 0.4) is 0 Å². The summed E-state index contributed by atoms with van der Waals surface area (Å²) in [7, 11) is -3.72. The Labute approximate surface area is 181 Å². The zero-order chi connectivity index (χ0) is 21.9. The lowest BCUT2D eigenvalue weighted by atomic mass is 10.2. The van der Waals surface area contributed by atoms with Crippen molar-refractivity contribution < 1.29 is 13.2 Å². The molecule has 0 saturated heterocycles. The van der Waals surface area contributed by atoms with E-state index in [9.17, 15) is 13.2 Å². The largest absolute Gasteiger partial charge is 0.326 e. The second-order valence-electron chi connectivity index (χ2n) is 7.42. The Morgan fingerprint density at radius 1 is 1.17 bits per heavy atom. The molecule has 30 heavy (non-hydrogen) atoms. The van der Waals surface area contributed by atoms with Gasteiger partial charge in [-0.3, -0.25) is 9.48 Å². The third kappa shape index (κ3) is 5.16. The fraction of sp³-hybridized carbons (Fsp3) is 0.333. The van der Waals surface area contributed by atoms with Crippen molar-refractivity contribution >= 4 is 33.0 Å². The van der Waals surface area contributed by atoms with Crippen LogP contribution in [0.2, 0.25) is 0 Å². The monoisotopic (exact) mass is 446 g/mol. The summed E-state index contributed by atoms with van der Waals surface area (Å²) in [4.78, 5) is 13.0. The maximum absolute atomic E-state index is 12.8. The number of thiophene rings is 1. The predicted molar refractivity (Wildman–Crippen MR) is 119 cm³/mol. The molecule has 0 aliphatic carbocycles. The Balaban J connectivity index is 1.76. The molecule has 0 aliphatic rings. The number of nitrogens with zero attached hydrogens (tertiary/aromatic N) is 2. The quantitative estimate of drug-likeness (QED) is 0.551. The number of sulfonamides is 1. The van der Waals surface area contributed by atoms with E-state index >= 15 is 0 Å². The Kier molecular flexibility index (Phi) is 6.74. The second-order valence-corrected chi connectivity index (χ2v) is 10.2. The van der Waals surface area contributed by atoms with Crippen molar-refractivity contribution in [1.29, 1.82) is 0 Å². The number of hydrogen-bond acceptors (Lipinski definition) is 5. The first kappa shape index (κ1) is 22.2. The third-order valence-corrected chi connectivity index (χ3v) is 7.05. The van der Waals surface area contributed by atoms with E-state index in [1.54, 1.807) is 37.3 Å². The molecular formula is C21H26N4O3S2. The number of aryl methyl sites for hydroxylation is 2. The van der Waals surface area contributed by atoms with E-state index in [-0.39, 0.29) is 29.3 Å². The Morgan fingerprint density at radius 2 is 1.87 bits per heavy atom. The van der Waals surface area contributed by atoms with Gasteiger partial charge in [0.2, 0.25) is 15.9 Å². The smallest absolute Gasteiger partial charge is 0.240 e. The summed E-state index contributed by atoms with van der Waals surface area (Å²) in [5, 5.41) is 9.26. The highest BCUT2D eigenvalue weighted by Gasteiger charge is 2.22. The molecule has 3 aromatic rings.